The Labute approximate surface area is 159 Å². The molecule has 1 atom stereocenters. The molecule has 2 aromatic carbocycles. The summed E-state index contributed by atoms with van der Waals surface area (Å²) in [5.74, 6) is 0.642. The lowest BCUT2D eigenvalue weighted by molar-refractivity contribution is -0.119. The van der Waals surface area contributed by atoms with E-state index in [0.29, 0.717) is 0 Å². The van der Waals surface area contributed by atoms with Crippen molar-refractivity contribution in [1.82, 2.24) is 5.32 Å². The highest BCUT2D eigenvalue weighted by Crippen LogP contribution is 2.21. The molecule has 0 heterocycles. The number of aryl methyl sites for hydroxylation is 1. The summed E-state index contributed by atoms with van der Waals surface area (Å²) in [5, 5.41) is 5.91. The van der Waals surface area contributed by atoms with Crippen LogP contribution in [0.5, 0.6) is 0 Å². The molecular formula is C21H26N2O2S. The van der Waals surface area contributed by atoms with Gasteiger partial charge in [-0.1, -0.05) is 61.9 Å². The highest BCUT2D eigenvalue weighted by Gasteiger charge is 2.18. The molecular weight excluding hydrogens is 344 g/mol. The summed E-state index contributed by atoms with van der Waals surface area (Å²) < 4.78 is 0. The fourth-order valence-electron chi connectivity index (χ4n) is 2.58. The summed E-state index contributed by atoms with van der Waals surface area (Å²) in [6.45, 7) is 6.17. The van der Waals surface area contributed by atoms with Gasteiger partial charge in [0.15, 0.2) is 0 Å². The third kappa shape index (κ3) is 6.56. The molecule has 0 radical (unpaired) electrons. The minimum absolute atomic E-state index is 0.0225. The van der Waals surface area contributed by atoms with Crippen LogP contribution in [0.1, 0.15) is 31.0 Å². The van der Waals surface area contributed by atoms with Gasteiger partial charge in [0.2, 0.25) is 11.8 Å². The van der Waals surface area contributed by atoms with Crippen LogP contribution in [0.4, 0.5) is 5.69 Å². The maximum Gasteiger partial charge on any atom is 0.234 e. The van der Waals surface area contributed by atoms with E-state index < -0.39 is 0 Å². The summed E-state index contributed by atoms with van der Waals surface area (Å²) in [5.41, 5.74) is 3.01. The molecule has 2 rings (SSSR count). The molecule has 0 aliphatic heterocycles. The summed E-state index contributed by atoms with van der Waals surface area (Å²) in [7, 11) is 0. The van der Waals surface area contributed by atoms with Gasteiger partial charge in [0, 0.05) is 5.69 Å². The maximum atomic E-state index is 12.2. The number of benzene rings is 2. The highest BCUT2D eigenvalue weighted by molar-refractivity contribution is 8.00. The molecule has 0 saturated carbocycles. The zero-order chi connectivity index (χ0) is 18.9. The Morgan fingerprint density at radius 3 is 2.15 bits per heavy atom. The lowest BCUT2D eigenvalue weighted by Gasteiger charge is -2.22. The fourth-order valence-corrected chi connectivity index (χ4v) is 3.21. The zero-order valence-corrected chi connectivity index (χ0v) is 16.3. The van der Waals surface area contributed by atoms with Gasteiger partial charge >= 0.3 is 0 Å². The number of anilines is 1. The van der Waals surface area contributed by atoms with E-state index in [1.165, 1.54) is 11.8 Å². The van der Waals surface area contributed by atoms with E-state index >= 15 is 0 Å². The van der Waals surface area contributed by atoms with Crippen LogP contribution in [-0.2, 0) is 9.59 Å². The Kier molecular flexibility index (Phi) is 7.73. The van der Waals surface area contributed by atoms with E-state index in [9.17, 15) is 9.59 Å². The molecule has 0 spiro atoms. The van der Waals surface area contributed by atoms with Crippen molar-refractivity contribution in [3.05, 3.63) is 65.7 Å². The van der Waals surface area contributed by atoms with Gasteiger partial charge < -0.3 is 10.6 Å². The predicted molar refractivity (Wildman–Crippen MR) is 109 cm³/mol. The number of carbonyl (C=O) groups is 2. The number of amides is 2. The second-order valence-electron chi connectivity index (χ2n) is 6.61. The smallest absolute Gasteiger partial charge is 0.234 e. The van der Waals surface area contributed by atoms with Crippen molar-refractivity contribution in [3.8, 4) is 0 Å². The largest absolute Gasteiger partial charge is 0.348 e. The molecule has 5 heteroatoms. The van der Waals surface area contributed by atoms with E-state index in [4.69, 9.17) is 0 Å². The van der Waals surface area contributed by atoms with Gasteiger partial charge in [0.25, 0.3) is 0 Å². The van der Waals surface area contributed by atoms with Gasteiger partial charge in [-0.2, -0.15) is 0 Å². The molecule has 26 heavy (non-hydrogen) atoms. The number of hydrogen-bond donors (Lipinski definition) is 2. The van der Waals surface area contributed by atoms with Crippen LogP contribution in [0, 0.1) is 12.8 Å². The second-order valence-corrected chi connectivity index (χ2v) is 7.59. The summed E-state index contributed by atoms with van der Waals surface area (Å²) in [6.07, 6.45) is 0. The summed E-state index contributed by atoms with van der Waals surface area (Å²) >= 11 is 1.32. The van der Waals surface area contributed by atoms with Gasteiger partial charge in [-0.25, -0.2) is 0 Å². The molecule has 0 aliphatic carbocycles. The van der Waals surface area contributed by atoms with Crippen LogP contribution in [-0.4, -0.2) is 23.3 Å². The van der Waals surface area contributed by atoms with Crippen molar-refractivity contribution in [2.24, 2.45) is 5.92 Å². The Hall–Kier alpha value is -2.27. The average molecular weight is 371 g/mol. The standard InChI is InChI=1S/C21H26N2O2S/c1-15(2)21(17-7-5-4-6-8-17)23-20(25)14-26-13-19(24)22-18-11-9-16(3)10-12-18/h4-12,15,21H,13-14H2,1-3H3,(H,22,24)(H,23,25). The molecule has 0 bridgehead atoms. The number of thioether (sulfide) groups is 1. The van der Waals surface area contributed by atoms with Gasteiger partial charge in [-0.05, 0) is 30.5 Å². The summed E-state index contributed by atoms with van der Waals surface area (Å²) in [6, 6.07) is 17.6. The molecule has 2 N–H and O–H groups in total. The van der Waals surface area contributed by atoms with Crippen molar-refractivity contribution >= 4 is 29.3 Å². The Balaban J connectivity index is 1.77. The Bertz CT molecular complexity index is 715. The third-order valence-corrected chi connectivity index (χ3v) is 4.88. The minimum atomic E-state index is -0.102. The second kappa shape index (κ2) is 10.0. The van der Waals surface area contributed by atoms with Gasteiger partial charge in [0.1, 0.15) is 0 Å². The molecule has 2 aromatic rings. The first-order chi connectivity index (χ1) is 12.5. The number of rotatable bonds is 8. The number of hydrogen-bond acceptors (Lipinski definition) is 3. The maximum absolute atomic E-state index is 12.2. The number of nitrogens with one attached hydrogen (secondary N) is 2. The van der Waals surface area contributed by atoms with Crippen molar-refractivity contribution in [2.45, 2.75) is 26.8 Å². The van der Waals surface area contributed by atoms with Gasteiger partial charge in [-0.3, -0.25) is 9.59 Å². The van der Waals surface area contributed by atoms with E-state index in [0.717, 1.165) is 16.8 Å². The lowest BCUT2D eigenvalue weighted by atomic mass is 9.96. The van der Waals surface area contributed by atoms with E-state index in [1.54, 1.807) is 0 Å². The van der Waals surface area contributed by atoms with Crippen LogP contribution in [0.15, 0.2) is 54.6 Å². The molecule has 0 fully saturated rings. The SMILES string of the molecule is Cc1ccc(NC(=O)CSCC(=O)NC(c2ccccc2)C(C)C)cc1. The topological polar surface area (TPSA) is 58.2 Å². The zero-order valence-electron chi connectivity index (χ0n) is 15.5. The monoisotopic (exact) mass is 370 g/mol. The Morgan fingerprint density at radius 1 is 0.923 bits per heavy atom. The molecule has 138 valence electrons. The van der Waals surface area contributed by atoms with Gasteiger partial charge in [-0.15, -0.1) is 11.8 Å². The quantitative estimate of drug-likeness (QED) is 0.733. The van der Waals surface area contributed by atoms with Crippen LogP contribution < -0.4 is 10.6 Å². The third-order valence-electron chi connectivity index (χ3n) is 3.94. The van der Waals surface area contributed by atoms with E-state index in [-0.39, 0.29) is 35.3 Å². The number of carbonyl (C=O) groups excluding carboxylic acids is 2. The summed E-state index contributed by atoms with van der Waals surface area (Å²) in [4.78, 5) is 24.2. The average Bonchev–Trinajstić information content (AvgIpc) is 2.62. The Morgan fingerprint density at radius 2 is 1.54 bits per heavy atom. The highest BCUT2D eigenvalue weighted by atomic mass is 32.2. The van der Waals surface area contributed by atoms with Crippen LogP contribution in [0.3, 0.4) is 0 Å². The van der Waals surface area contributed by atoms with Crippen molar-refractivity contribution in [3.63, 3.8) is 0 Å². The normalized spacial score (nSPS) is 11.8. The van der Waals surface area contributed by atoms with Gasteiger partial charge in [0.05, 0.1) is 17.5 Å². The molecule has 4 nitrogen and oxygen atoms in total. The molecule has 0 aromatic heterocycles. The van der Waals surface area contributed by atoms with Crippen molar-refractivity contribution in [1.29, 1.82) is 0 Å². The van der Waals surface area contributed by atoms with Crippen LogP contribution >= 0.6 is 11.8 Å². The minimum Gasteiger partial charge on any atom is -0.348 e. The van der Waals surface area contributed by atoms with Crippen molar-refractivity contribution < 1.29 is 9.59 Å². The van der Waals surface area contributed by atoms with Crippen molar-refractivity contribution in [2.75, 3.05) is 16.8 Å². The first-order valence-corrected chi connectivity index (χ1v) is 9.89. The van der Waals surface area contributed by atoms with Crippen LogP contribution in [0.2, 0.25) is 0 Å². The van der Waals surface area contributed by atoms with E-state index in [1.807, 2.05) is 61.5 Å². The molecule has 0 aliphatic rings. The molecule has 1 unspecified atom stereocenters. The molecule has 0 saturated heterocycles. The first kappa shape index (κ1) is 20.0. The molecule has 2 amide bonds. The predicted octanol–water partition coefficient (Wildman–Crippen LogP) is 4.18. The fraction of sp³-hybridized carbons (Fsp3) is 0.333. The van der Waals surface area contributed by atoms with Crippen LogP contribution in [0.25, 0.3) is 0 Å². The lowest BCUT2D eigenvalue weighted by Crippen LogP contribution is -2.33. The first-order valence-electron chi connectivity index (χ1n) is 8.74. The van der Waals surface area contributed by atoms with E-state index in [2.05, 4.69) is 24.5 Å².